The molecule has 0 aromatic heterocycles. The lowest BCUT2D eigenvalue weighted by Crippen LogP contribution is -2.44. The number of nitrogens with zero attached hydrogens (tertiary/aromatic N) is 2. The first kappa shape index (κ1) is 17.8. The quantitative estimate of drug-likeness (QED) is 0.639. The minimum absolute atomic E-state index is 0.251. The maximum atomic E-state index is 11.4. The number of aliphatic hydroxyl groups is 1. The molecule has 0 aliphatic carbocycles. The average Bonchev–Trinajstić information content (AvgIpc) is 2.68. The molecule has 1 heterocycles. The van der Waals surface area contributed by atoms with Crippen molar-refractivity contribution >= 4 is 17.7 Å². The zero-order valence-corrected chi connectivity index (χ0v) is 15.2. The van der Waals surface area contributed by atoms with E-state index in [2.05, 4.69) is 9.89 Å². The number of rotatable bonds is 5. The van der Waals surface area contributed by atoms with Crippen LogP contribution in [0.5, 0.6) is 0 Å². The van der Waals surface area contributed by atoms with Crippen LogP contribution in [0.25, 0.3) is 0 Å². The van der Waals surface area contributed by atoms with E-state index in [9.17, 15) is 5.11 Å². The van der Waals surface area contributed by atoms with Crippen molar-refractivity contribution in [2.24, 2.45) is 10.7 Å². The van der Waals surface area contributed by atoms with E-state index in [4.69, 9.17) is 5.73 Å². The third-order valence-corrected chi connectivity index (χ3v) is 5.43. The SMILES string of the molecule is NC(=NCC(O)(Cc1ccccc1)c1ccccc1)N1CCSCC1. The van der Waals surface area contributed by atoms with Crippen LogP contribution in [-0.2, 0) is 12.0 Å². The summed E-state index contributed by atoms with van der Waals surface area (Å²) >= 11 is 1.94. The van der Waals surface area contributed by atoms with Crippen LogP contribution < -0.4 is 5.73 Å². The van der Waals surface area contributed by atoms with Gasteiger partial charge in [0.1, 0.15) is 5.60 Å². The van der Waals surface area contributed by atoms with Gasteiger partial charge in [-0.1, -0.05) is 60.7 Å². The molecule has 1 fully saturated rings. The molecule has 5 heteroatoms. The van der Waals surface area contributed by atoms with Crippen molar-refractivity contribution in [1.82, 2.24) is 4.90 Å². The highest BCUT2D eigenvalue weighted by molar-refractivity contribution is 7.99. The molecule has 25 heavy (non-hydrogen) atoms. The largest absolute Gasteiger partial charge is 0.383 e. The fourth-order valence-electron chi connectivity index (χ4n) is 3.04. The van der Waals surface area contributed by atoms with E-state index in [0.29, 0.717) is 12.4 Å². The van der Waals surface area contributed by atoms with Crippen LogP contribution in [0, 0.1) is 0 Å². The Hall–Kier alpha value is -1.98. The van der Waals surface area contributed by atoms with Crippen LogP contribution in [0.2, 0.25) is 0 Å². The third-order valence-electron chi connectivity index (χ3n) is 4.49. The van der Waals surface area contributed by atoms with E-state index in [1.165, 1.54) is 0 Å². The summed E-state index contributed by atoms with van der Waals surface area (Å²) in [6.07, 6.45) is 0.504. The van der Waals surface area contributed by atoms with E-state index >= 15 is 0 Å². The zero-order valence-electron chi connectivity index (χ0n) is 14.3. The molecular weight excluding hydrogens is 330 g/mol. The topological polar surface area (TPSA) is 61.9 Å². The van der Waals surface area contributed by atoms with Crippen LogP contribution in [0.1, 0.15) is 11.1 Å². The number of aliphatic imine (C=N–C) groups is 1. The summed E-state index contributed by atoms with van der Waals surface area (Å²) in [6, 6.07) is 19.8. The summed E-state index contributed by atoms with van der Waals surface area (Å²) in [5, 5.41) is 11.4. The van der Waals surface area contributed by atoms with E-state index < -0.39 is 5.60 Å². The molecule has 1 aliphatic rings. The van der Waals surface area contributed by atoms with Gasteiger partial charge in [0.2, 0.25) is 0 Å². The number of thioether (sulfide) groups is 1. The van der Waals surface area contributed by atoms with Gasteiger partial charge in [0.25, 0.3) is 0 Å². The van der Waals surface area contributed by atoms with Crippen molar-refractivity contribution in [3.8, 4) is 0 Å². The minimum Gasteiger partial charge on any atom is -0.383 e. The molecule has 2 aromatic carbocycles. The molecule has 132 valence electrons. The molecule has 0 radical (unpaired) electrons. The fourth-order valence-corrected chi connectivity index (χ4v) is 3.94. The van der Waals surface area contributed by atoms with E-state index in [1.54, 1.807) is 0 Å². The van der Waals surface area contributed by atoms with Crippen molar-refractivity contribution in [1.29, 1.82) is 0 Å². The first-order chi connectivity index (χ1) is 12.2. The summed E-state index contributed by atoms with van der Waals surface area (Å²) in [6.45, 7) is 2.09. The Kier molecular flexibility index (Phi) is 6.00. The van der Waals surface area contributed by atoms with Crippen LogP contribution in [-0.4, -0.2) is 47.1 Å². The Morgan fingerprint density at radius 2 is 1.64 bits per heavy atom. The lowest BCUT2D eigenvalue weighted by Gasteiger charge is -2.30. The molecule has 1 saturated heterocycles. The summed E-state index contributed by atoms with van der Waals surface area (Å²) in [5.41, 5.74) is 7.06. The maximum absolute atomic E-state index is 11.4. The second-order valence-electron chi connectivity index (χ2n) is 6.33. The molecule has 1 unspecified atom stereocenters. The Bertz CT molecular complexity index is 687. The smallest absolute Gasteiger partial charge is 0.191 e. The average molecular weight is 356 g/mol. The summed E-state index contributed by atoms with van der Waals surface area (Å²) in [7, 11) is 0. The van der Waals surface area contributed by atoms with Gasteiger partial charge in [0.15, 0.2) is 5.96 Å². The van der Waals surface area contributed by atoms with Crippen LogP contribution in [0.3, 0.4) is 0 Å². The van der Waals surface area contributed by atoms with Gasteiger partial charge < -0.3 is 15.7 Å². The highest BCUT2D eigenvalue weighted by Crippen LogP contribution is 2.26. The van der Waals surface area contributed by atoms with Crippen LogP contribution in [0.4, 0.5) is 0 Å². The Morgan fingerprint density at radius 3 is 2.28 bits per heavy atom. The highest BCUT2D eigenvalue weighted by atomic mass is 32.2. The van der Waals surface area contributed by atoms with Crippen molar-refractivity contribution in [2.75, 3.05) is 31.1 Å². The molecule has 1 aliphatic heterocycles. The highest BCUT2D eigenvalue weighted by Gasteiger charge is 2.30. The monoisotopic (exact) mass is 355 g/mol. The summed E-state index contributed by atoms with van der Waals surface area (Å²) < 4.78 is 0. The molecule has 0 saturated carbocycles. The van der Waals surface area contributed by atoms with Crippen molar-refractivity contribution in [2.45, 2.75) is 12.0 Å². The second kappa shape index (κ2) is 8.41. The molecule has 4 nitrogen and oxygen atoms in total. The van der Waals surface area contributed by atoms with Gasteiger partial charge >= 0.3 is 0 Å². The number of nitrogens with two attached hydrogens (primary N) is 1. The van der Waals surface area contributed by atoms with Crippen molar-refractivity contribution in [3.05, 3.63) is 71.8 Å². The molecule has 3 rings (SSSR count). The third kappa shape index (κ3) is 4.77. The molecule has 3 N–H and O–H groups in total. The Labute approximate surface area is 153 Å². The van der Waals surface area contributed by atoms with Gasteiger partial charge in [-0.15, -0.1) is 0 Å². The number of hydrogen-bond acceptors (Lipinski definition) is 3. The van der Waals surface area contributed by atoms with Crippen molar-refractivity contribution in [3.63, 3.8) is 0 Å². The zero-order chi connectivity index (χ0) is 17.5. The van der Waals surface area contributed by atoms with Gasteiger partial charge in [0, 0.05) is 31.0 Å². The lowest BCUT2D eigenvalue weighted by atomic mass is 9.87. The van der Waals surface area contributed by atoms with Gasteiger partial charge in [-0.25, -0.2) is 4.99 Å². The molecular formula is C20H25N3OS. The van der Waals surface area contributed by atoms with E-state index in [-0.39, 0.29) is 6.54 Å². The van der Waals surface area contributed by atoms with Crippen molar-refractivity contribution < 1.29 is 5.11 Å². The van der Waals surface area contributed by atoms with Gasteiger partial charge in [0.05, 0.1) is 6.54 Å². The Morgan fingerprint density at radius 1 is 1.04 bits per heavy atom. The van der Waals surface area contributed by atoms with E-state index in [0.717, 1.165) is 35.7 Å². The predicted molar refractivity (Wildman–Crippen MR) is 106 cm³/mol. The Balaban J connectivity index is 1.81. The van der Waals surface area contributed by atoms with Gasteiger partial charge in [-0.2, -0.15) is 11.8 Å². The molecule has 0 spiro atoms. The summed E-state index contributed by atoms with van der Waals surface area (Å²) in [5.74, 6) is 2.68. The standard InChI is InChI=1S/C20H25N3OS/c21-19(23-11-13-25-14-12-23)22-16-20(24,18-9-5-2-6-10-18)15-17-7-3-1-4-8-17/h1-10,24H,11-16H2,(H2,21,22). The second-order valence-corrected chi connectivity index (χ2v) is 7.56. The first-order valence-electron chi connectivity index (χ1n) is 8.62. The van der Waals surface area contributed by atoms with Gasteiger partial charge in [-0.05, 0) is 11.1 Å². The molecule has 1 atom stereocenters. The maximum Gasteiger partial charge on any atom is 0.191 e. The van der Waals surface area contributed by atoms with Crippen LogP contribution in [0.15, 0.2) is 65.7 Å². The van der Waals surface area contributed by atoms with Gasteiger partial charge in [-0.3, -0.25) is 0 Å². The normalized spacial score (nSPS) is 18.0. The molecule has 2 aromatic rings. The minimum atomic E-state index is -1.07. The summed E-state index contributed by atoms with van der Waals surface area (Å²) in [4.78, 5) is 6.66. The fraction of sp³-hybridized carbons (Fsp3) is 0.350. The number of guanidine groups is 1. The van der Waals surface area contributed by atoms with E-state index in [1.807, 2.05) is 72.4 Å². The predicted octanol–water partition coefficient (Wildman–Crippen LogP) is 2.48. The number of benzene rings is 2. The number of hydrogen-bond donors (Lipinski definition) is 2. The molecule has 0 amide bonds. The van der Waals surface area contributed by atoms with Crippen LogP contribution >= 0.6 is 11.8 Å². The first-order valence-corrected chi connectivity index (χ1v) is 9.77. The lowest BCUT2D eigenvalue weighted by molar-refractivity contribution is 0.0465. The molecule has 0 bridgehead atoms.